The van der Waals surface area contributed by atoms with Crippen LogP contribution in [0.1, 0.15) is 42.9 Å². The molecule has 4 rings (SSSR count). The van der Waals surface area contributed by atoms with Gasteiger partial charge in [0, 0.05) is 25.2 Å². The van der Waals surface area contributed by atoms with Gasteiger partial charge in [0.25, 0.3) is 5.56 Å². The van der Waals surface area contributed by atoms with Crippen molar-refractivity contribution in [2.45, 2.75) is 45.7 Å². The molecule has 4 nitrogen and oxygen atoms in total. The lowest BCUT2D eigenvalue weighted by Gasteiger charge is -2.27. The minimum absolute atomic E-state index is 0.150. The maximum absolute atomic E-state index is 13.3. The molecule has 0 radical (unpaired) electrons. The van der Waals surface area contributed by atoms with Crippen LogP contribution in [0.5, 0.6) is 0 Å². The van der Waals surface area contributed by atoms with Crippen molar-refractivity contribution in [2.75, 3.05) is 26.2 Å². The summed E-state index contributed by atoms with van der Waals surface area (Å²) in [5.41, 5.74) is 4.61. The van der Waals surface area contributed by atoms with Crippen LogP contribution in [0.2, 0.25) is 0 Å². The second-order valence-corrected chi connectivity index (χ2v) is 8.36. The first-order valence-electron chi connectivity index (χ1n) is 11.4. The largest absolute Gasteiger partial charge is 0.313 e. The Labute approximate surface area is 179 Å². The number of benzene rings is 2. The molecule has 2 heterocycles. The molecule has 1 N–H and O–H groups in total. The molecule has 3 aromatic rings. The van der Waals surface area contributed by atoms with Crippen molar-refractivity contribution in [3.63, 3.8) is 0 Å². The van der Waals surface area contributed by atoms with Crippen molar-refractivity contribution in [1.82, 2.24) is 14.8 Å². The maximum Gasteiger partial charge on any atom is 0.255 e. The van der Waals surface area contributed by atoms with Crippen LogP contribution < -0.4 is 10.9 Å². The minimum Gasteiger partial charge on any atom is -0.313 e. The lowest BCUT2D eigenvalue weighted by molar-refractivity contribution is 0.221. The van der Waals surface area contributed by atoms with Gasteiger partial charge in [-0.1, -0.05) is 55.8 Å². The van der Waals surface area contributed by atoms with E-state index in [1.165, 1.54) is 30.4 Å². The van der Waals surface area contributed by atoms with Gasteiger partial charge in [-0.15, -0.1) is 0 Å². The fourth-order valence-electron chi connectivity index (χ4n) is 4.45. The van der Waals surface area contributed by atoms with Crippen molar-refractivity contribution in [3.05, 3.63) is 81.6 Å². The van der Waals surface area contributed by atoms with Gasteiger partial charge in [0.2, 0.25) is 0 Å². The van der Waals surface area contributed by atoms with Crippen LogP contribution in [0, 0.1) is 0 Å². The molecule has 0 bridgehead atoms. The number of nitrogens with zero attached hydrogens (tertiary/aromatic N) is 2. The van der Waals surface area contributed by atoms with Gasteiger partial charge in [0.05, 0.1) is 5.52 Å². The molecule has 0 amide bonds. The third-order valence-electron chi connectivity index (χ3n) is 6.14. The highest BCUT2D eigenvalue weighted by Crippen LogP contribution is 2.19. The summed E-state index contributed by atoms with van der Waals surface area (Å²) in [6.45, 7) is 7.58. The molecule has 1 aliphatic heterocycles. The Kier molecular flexibility index (Phi) is 6.98. The van der Waals surface area contributed by atoms with Crippen LogP contribution in [-0.4, -0.2) is 35.6 Å². The third kappa shape index (κ3) is 5.00. The number of pyridine rings is 1. The molecule has 1 fully saturated rings. The normalized spacial score (nSPS) is 15.0. The van der Waals surface area contributed by atoms with Gasteiger partial charge >= 0.3 is 0 Å². The number of nitrogens with one attached hydrogen (secondary N) is 1. The molecule has 1 saturated heterocycles. The predicted octanol–water partition coefficient (Wildman–Crippen LogP) is 4.19. The predicted molar refractivity (Wildman–Crippen MR) is 125 cm³/mol. The summed E-state index contributed by atoms with van der Waals surface area (Å²) in [5.74, 6) is 0. The summed E-state index contributed by atoms with van der Waals surface area (Å²) >= 11 is 0. The molecule has 0 atom stereocenters. The van der Waals surface area contributed by atoms with Gasteiger partial charge in [-0.3, -0.25) is 4.79 Å². The molecular weight excluding hydrogens is 370 g/mol. The van der Waals surface area contributed by atoms with Gasteiger partial charge in [-0.2, -0.15) is 0 Å². The highest BCUT2D eigenvalue weighted by atomic mass is 16.1. The average Bonchev–Trinajstić information content (AvgIpc) is 2.79. The van der Waals surface area contributed by atoms with Crippen molar-refractivity contribution >= 4 is 10.9 Å². The summed E-state index contributed by atoms with van der Waals surface area (Å²) in [6.07, 6.45) is 4.77. The van der Waals surface area contributed by atoms with E-state index in [0.29, 0.717) is 6.54 Å². The summed E-state index contributed by atoms with van der Waals surface area (Å²) in [4.78, 5) is 15.8. The van der Waals surface area contributed by atoms with Gasteiger partial charge in [-0.05, 0) is 67.5 Å². The van der Waals surface area contributed by atoms with Crippen LogP contribution in [0.3, 0.4) is 0 Å². The van der Waals surface area contributed by atoms with Crippen molar-refractivity contribution in [3.8, 4) is 0 Å². The van der Waals surface area contributed by atoms with E-state index in [1.807, 2.05) is 10.6 Å². The Bertz CT molecular complexity index is 1020. The van der Waals surface area contributed by atoms with Crippen LogP contribution in [0.25, 0.3) is 10.9 Å². The maximum atomic E-state index is 13.3. The Morgan fingerprint density at radius 2 is 1.70 bits per heavy atom. The molecular formula is C26H33N3O. The second-order valence-electron chi connectivity index (χ2n) is 8.36. The lowest BCUT2D eigenvalue weighted by Crippen LogP contribution is -2.36. The molecule has 4 heteroatoms. The van der Waals surface area contributed by atoms with E-state index >= 15 is 0 Å². The van der Waals surface area contributed by atoms with E-state index in [4.69, 9.17) is 0 Å². The first-order valence-corrected chi connectivity index (χ1v) is 11.4. The number of hydrogen-bond acceptors (Lipinski definition) is 3. The van der Waals surface area contributed by atoms with Crippen molar-refractivity contribution < 1.29 is 0 Å². The smallest absolute Gasteiger partial charge is 0.255 e. The fraction of sp³-hybridized carbons (Fsp3) is 0.423. The van der Waals surface area contributed by atoms with Gasteiger partial charge in [0.1, 0.15) is 0 Å². The van der Waals surface area contributed by atoms with Crippen LogP contribution in [0.4, 0.5) is 0 Å². The molecule has 30 heavy (non-hydrogen) atoms. The SMILES string of the molecule is CCNCc1cc2ccc(Cc3ccccc3)cc2n(CCN2CCCCC2)c1=O. The summed E-state index contributed by atoms with van der Waals surface area (Å²) in [6, 6.07) is 19.2. The monoisotopic (exact) mass is 403 g/mol. The first-order chi connectivity index (χ1) is 14.7. The molecule has 2 aromatic carbocycles. The van der Waals surface area contributed by atoms with Crippen molar-refractivity contribution in [1.29, 1.82) is 0 Å². The molecule has 0 saturated carbocycles. The average molecular weight is 404 g/mol. The lowest BCUT2D eigenvalue weighted by atomic mass is 10.0. The number of rotatable bonds is 8. The minimum atomic E-state index is 0.150. The fourth-order valence-corrected chi connectivity index (χ4v) is 4.45. The van der Waals surface area contributed by atoms with E-state index in [2.05, 4.69) is 65.7 Å². The van der Waals surface area contributed by atoms with Crippen LogP contribution in [-0.2, 0) is 19.5 Å². The van der Waals surface area contributed by atoms with E-state index < -0.39 is 0 Å². The van der Waals surface area contributed by atoms with Crippen LogP contribution >= 0.6 is 0 Å². The first kappa shape index (κ1) is 20.8. The van der Waals surface area contributed by atoms with E-state index in [9.17, 15) is 4.79 Å². The number of piperidine rings is 1. The van der Waals surface area contributed by atoms with Crippen molar-refractivity contribution in [2.24, 2.45) is 0 Å². The van der Waals surface area contributed by atoms with Gasteiger partial charge in [-0.25, -0.2) is 0 Å². The molecule has 1 aliphatic rings. The molecule has 1 aromatic heterocycles. The molecule has 0 aliphatic carbocycles. The number of fused-ring (bicyclic) bond motifs is 1. The molecule has 0 spiro atoms. The summed E-state index contributed by atoms with van der Waals surface area (Å²) < 4.78 is 2.02. The van der Waals surface area contributed by atoms with Gasteiger partial charge < -0.3 is 14.8 Å². The number of likely N-dealkylation sites (tertiary alicyclic amines) is 1. The Morgan fingerprint density at radius 1 is 0.900 bits per heavy atom. The van der Waals surface area contributed by atoms with E-state index in [1.54, 1.807) is 0 Å². The number of hydrogen-bond donors (Lipinski definition) is 1. The van der Waals surface area contributed by atoms with Gasteiger partial charge in [0.15, 0.2) is 0 Å². The molecule has 0 unspecified atom stereocenters. The Hall–Kier alpha value is -2.43. The van der Waals surface area contributed by atoms with Crippen LogP contribution in [0.15, 0.2) is 59.4 Å². The topological polar surface area (TPSA) is 37.3 Å². The zero-order valence-corrected chi connectivity index (χ0v) is 18.1. The quantitative estimate of drug-likeness (QED) is 0.613. The zero-order chi connectivity index (χ0) is 20.8. The highest BCUT2D eigenvalue weighted by molar-refractivity contribution is 5.80. The Morgan fingerprint density at radius 3 is 2.47 bits per heavy atom. The second kappa shape index (κ2) is 10.1. The zero-order valence-electron chi connectivity index (χ0n) is 18.1. The standard InChI is InChI=1S/C26H33N3O/c1-2-27-20-24-19-23-12-11-22(17-21-9-5-3-6-10-21)18-25(23)29(26(24)30)16-15-28-13-7-4-8-14-28/h3,5-6,9-12,18-19,27H,2,4,7-8,13-17,20H2,1H3. The van der Waals surface area contributed by atoms with E-state index in [0.717, 1.165) is 55.6 Å². The highest BCUT2D eigenvalue weighted by Gasteiger charge is 2.14. The number of aromatic nitrogens is 1. The van der Waals surface area contributed by atoms with E-state index in [-0.39, 0.29) is 5.56 Å². The summed E-state index contributed by atoms with van der Waals surface area (Å²) in [7, 11) is 0. The summed E-state index contributed by atoms with van der Waals surface area (Å²) in [5, 5.41) is 4.47. The third-order valence-corrected chi connectivity index (χ3v) is 6.14. The Balaban J connectivity index is 1.68. The molecule has 158 valence electrons.